The molecule has 0 heterocycles. The largest absolute Gasteiger partial charge is 0.466 e. The van der Waals surface area contributed by atoms with Gasteiger partial charge in [-0.15, -0.1) is 0 Å². The van der Waals surface area contributed by atoms with E-state index in [1.54, 1.807) is 0 Å². The van der Waals surface area contributed by atoms with Gasteiger partial charge in [-0.1, -0.05) is 18.2 Å². The van der Waals surface area contributed by atoms with Gasteiger partial charge in [-0.25, -0.2) is 0 Å². The van der Waals surface area contributed by atoms with Crippen molar-refractivity contribution in [2.75, 3.05) is 6.61 Å². The molecule has 2 nitrogen and oxygen atoms in total. The van der Waals surface area contributed by atoms with E-state index in [4.69, 9.17) is 4.74 Å². The van der Waals surface area contributed by atoms with E-state index < -0.39 is 0 Å². The SMILES string of the molecule is CCOC(=O)C1CCC=C1c1ccc(I)cc1. The van der Waals surface area contributed by atoms with Gasteiger partial charge in [0.25, 0.3) is 0 Å². The van der Waals surface area contributed by atoms with Crippen molar-refractivity contribution in [2.24, 2.45) is 5.92 Å². The molecule has 1 unspecified atom stereocenters. The highest BCUT2D eigenvalue weighted by Gasteiger charge is 2.28. The molecule has 0 saturated carbocycles. The van der Waals surface area contributed by atoms with Crippen LogP contribution in [0.3, 0.4) is 0 Å². The number of hydrogen-bond donors (Lipinski definition) is 0. The number of hydrogen-bond acceptors (Lipinski definition) is 2. The Morgan fingerprint density at radius 3 is 2.76 bits per heavy atom. The second-order valence-electron chi connectivity index (χ2n) is 4.05. The van der Waals surface area contributed by atoms with Crippen LogP contribution in [0.1, 0.15) is 25.3 Å². The fourth-order valence-corrected chi connectivity index (χ4v) is 2.51. The van der Waals surface area contributed by atoms with Crippen LogP contribution in [0.15, 0.2) is 30.3 Å². The molecule has 0 fully saturated rings. The topological polar surface area (TPSA) is 26.3 Å². The molecule has 1 aromatic carbocycles. The van der Waals surface area contributed by atoms with Crippen LogP contribution in [0.5, 0.6) is 0 Å². The predicted molar refractivity (Wildman–Crippen MR) is 76.5 cm³/mol. The average molecular weight is 342 g/mol. The summed E-state index contributed by atoms with van der Waals surface area (Å²) in [5, 5.41) is 0. The fraction of sp³-hybridized carbons (Fsp3) is 0.357. The summed E-state index contributed by atoms with van der Waals surface area (Å²) in [6.45, 7) is 2.30. The quantitative estimate of drug-likeness (QED) is 0.619. The molecule has 90 valence electrons. The number of halogens is 1. The Balaban J connectivity index is 2.20. The molecular weight excluding hydrogens is 327 g/mol. The minimum Gasteiger partial charge on any atom is -0.466 e. The summed E-state index contributed by atoms with van der Waals surface area (Å²) in [6.07, 6.45) is 3.99. The van der Waals surface area contributed by atoms with Gasteiger partial charge in [-0.3, -0.25) is 4.79 Å². The maximum absolute atomic E-state index is 11.8. The van der Waals surface area contributed by atoms with Crippen LogP contribution in [0.2, 0.25) is 0 Å². The number of carbonyl (C=O) groups excluding carboxylic acids is 1. The molecular formula is C14H15IO2. The van der Waals surface area contributed by atoms with E-state index >= 15 is 0 Å². The lowest BCUT2D eigenvalue weighted by Gasteiger charge is -2.13. The van der Waals surface area contributed by atoms with Crippen LogP contribution in [0, 0.1) is 9.49 Å². The second-order valence-corrected chi connectivity index (χ2v) is 5.29. The Kier molecular flexibility index (Phi) is 4.20. The number of benzene rings is 1. The Morgan fingerprint density at radius 1 is 1.41 bits per heavy atom. The molecule has 0 aromatic heterocycles. The first-order valence-corrected chi connectivity index (χ1v) is 6.93. The summed E-state index contributed by atoms with van der Waals surface area (Å²) in [4.78, 5) is 11.8. The van der Waals surface area contributed by atoms with Crippen molar-refractivity contribution in [2.45, 2.75) is 19.8 Å². The average Bonchev–Trinajstić information content (AvgIpc) is 2.79. The number of carbonyl (C=O) groups is 1. The Morgan fingerprint density at radius 2 is 2.12 bits per heavy atom. The highest BCUT2D eigenvalue weighted by Crippen LogP contribution is 2.34. The van der Waals surface area contributed by atoms with Crippen LogP contribution >= 0.6 is 22.6 Å². The first kappa shape index (κ1) is 12.6. The van der Waals surface area contributed by atoms with Gasteiger partial charge in [0.2, 0.25) is 0 Å². The zero-order valence-corrected chi connectivity index (χ0v) is 11.9. The molecule has 0 saturated heterocycles. The summed E-state index contributed by atoms with van der Waals surface area (Å²) in [7, 11) is 0. The van der Waals surface area contributed by atoms with E-state index in [0.29, 0.717) is 6.61 Å². The Bertz CT molecular complexity index is 434. The van der Waals surface area contributed by atoms with Crippen LogP contribution in [-0.2, 0) is 9.53 Å². The Hall–Kier alpha value is -0.840. The van der Waals surface area contributed by atoms with Crippen molar-refractivity contribution >= 4 is 34.1 Å². The normalized spacial score (nSPS) is 18.9. The minimum atomic E-state index is -0.0881. The van der Waals surface area contributed by atoms with Crippen LogP contribution in [0.25, 0.3) is 5.57 Å². The summed E-state index contributed by atoms with van der Waals surface area (Å²) >= 11 is 2.28. The lowest BCUT2D eigenvalue weighted by atomic mass is 9.95. The van der Waals surface area contributed by atoms with E-state index in [2.05, 4.69) is 52.9 Å². The lowest BCUT2D eigenvalue weighted by molar-refractivity contribution is -0.145. The molecule has 2 rings (SSSR count). The van der Waals surface area contributed by atoms with E-state index in [1.165, 1.54) is 3.57 Å². The second kappa shape index (κ2) is 5.67. The molecule has 0 N–H and O–H groups in total. The molecule has 0 bridgehead atoms. The van der Waals surface area contributed by atoms with Crippen LogP contribution < -0.4 is 0 Å². The predicted octanol–water partition coefficient (Wildman–Crippen LogP) is 3.65. The zero-order valence-electron chi connectivity index (χ0n) is 9.78. The van der Waals surface area contributed by atoms with Crippen LogP contribution in [-0.4, -0.2) is 12.6 Å². The molecule has 1 atom stereocenters. The van der Waals surface area contributed by atoms with Gasteiger partial charge < -0.3 is 4.74 Å². The van der Waals surface area contributed by atoms with Crippen molar-refractivity contribution in [1.82, 2.24) is 0 Å². The van der Waals surface area contributed by atoms with E-state index in [1.807, 2.05) is 6.92 Å². The van der Waals surface area contributed by atoms with Gasteiger partial charge in [-0.2, -0.15) is 0 Å². The monoisotopic (exact) mass is 342 g/mol. The van der Waals surface area contributed by atoms with Crippen LogP contribution in [0.4, 0.5) is 0 Å². The zero-order chi connectivity index (χ0) is 12.3. The third kappa shape index (κ3) is 2.89. The molecule has 3 heteroatoms. The van der Waals surface area contributed by atoms with Gasteiger partial charge in [0.1, 0.15) is 0 Å². The lowest BCUT2D eigenvalue weighted by Crippen LogP contribution is -2.16. The van der Waals surface area contributed by atoms with E-state index in [0.717, 1.165) is 24.0 Å². The molecule has 17 heavy (non-hydrogen) atoms. The number of esters is 1. The van der Waals surface area contributed by atoms with Crippen molar-refractivity contribution in [1.29, 1.82) is 0 Å². The maximum Gasteiger partial charge on any atom is 0.313 e. The summed E-state index contributed by atoms with van der Waals surface area (Å²) in [5.74, 6) is -0.162. The highest BCUT2D eigenvalue weighted by molar-refractivity contribution is 14.1. The van der Waals surface area contributed by atoms with Crippen molar-refractivity contribution in [3.63, 3.8) is 0 Å². The van der Waals surface area contributed by atoms with Crippen molar-refractivity contribution in [3.8, 4) is 0 Å². The smallest absolute Gasteiger partial charge is 0.313 e. The van der Waals surface area contributed by atoms with Gasteiger partial charge in [0, 0.05) is 3.57 Å². The van der Waals surface area contributed by atoms with Gasteiger partial charge in [0.05, 0.1) is 12.5 Å². The van der Waals surface area contributed by atoms with E-state index in [-0.39, 0.29) is 11.9 Å². The molecule has 0 aliphatic heterocycles. The molecule has 1 aliphatic rings. The van der Waals surface area contributed by atoms with E-state index in [9.17, 15) is 4.79 Å². The standard InChI is InChI=1S/C14H15IO2/c1-2-17-14(16)13-5-3-4-12(13)10-6-8-11(15)9-7-10/h4,6-9,13H,2-3,5H2,1H3. The first-order chi connectivity index (χ1) is 8.22. The highest BCUT2D eigenvalue weighted by atomic mass is 127. The molecule has 0 amide bonds. The molecule has 0 spiro atoms. The third-order valence-electron chi connectivity index (χ3n) is 2.94. The summed E-state index contributed by atoms with van der Waals surface area (Å²) < 4.78 is 6.33. The molecule has 1 aliphatic carbocycles. The fourth-order valence-electron chi connectivity index (χ4n) is 2.15. The van der Waals surface area contributed by atoms with Gasteiger partial charge in [-0.05, 0) is 65.6 Å². The summed E-state index contributed by atoms with van der Waals surface area (Å²) in [5.41, 5.74) is 2.26. The van der Waals surface area contributed by atoms with Crippen molar-refractivity contribution in [3.05, 3.63) is 39.5 Å². The minimum absolute atomic E-state index is 0.0741. The molecule has 1 aromatic rings. The summed E-state index contributed by atoms with van der Waals surface area (Å²) in [6, 6.07) is 8.28. The van der Waals surface area contributed by atoms with Gasteiger partial charge >= 0.3 is 5.97 Å². The third-order valence-corrected chi connectivity index (χ3v) is 3.66. The number of rotatable bonds is 3. The molecule has 0 radical (unpaired) electrons. The first-order valence-electron chi connectivity index (χ1n) is 5.85. The van der Waals surface area contributed by atoms with Crippen molar-refractivity contribution < 1.29 is 9.53 Å². The van der Waals surface area contributed by atoms with Gasteiger partial charge in [0.15, 0.2) is 0 Å². The maximum atomic E-state index is 11.8. The number of ether oxygens (including phenoxy) is 1. The number of allylic oxidation sites excluding steroid dienone is 1. The Labute approximate surface area is 115 Å².